The van der Waals surface area contributed by atoms with Gasteiger partial charge in [0.25, 0.3) is 10.0 Å². The zero-order valence-electron chi connectivity index (χ0n) is 15.4. The molecule has 0 atom stereocenters. The van der Waals surface area contributed by atoms with E-state index in [-0.39, 0.29) is 0 Å². The van der Waals surface area contributed by atoms with Crippen molar-refractivity contribution < 1.29 is 8.42 Å². The van der Waals surface area contributed by atoms with Crippen molar-refractivity contribution in [1.82, 2.24) is 14.3 Å². The highest BCUT2D eigenvalue weighted by Crippen LogP contribution is 2.36. The first-order valence-corrected chi connectivity index (χ1v) is 12.3. The predicted molar refractivity (Wildman–Crippen MR) is 118 cm³/mol. The molecule has 0 N–H and O–H groups in total. The molecule has 0 spiro atoms. The smallest absolute Gasteiger partial charge is 0.252 e. The van der Waals surface area contributed by atoms with Crippen LogP contribution in [-0.4, -0.2) is 48.9 Å². The minimum absolute atomic E-state index is 0.403. The van der Waals surface area contributed by atoms with Gasteiger partial charge in [0.15, 0.2) is 0 Å². The van der Waals surface area contributed by atoms with Crippen molar-refractivity contribution in [3.63, 3.8) is 0 Å². The maximum atomic E-state index is 12.8. The lowest BCUT2D eigenvalue weighted by Gasteiger charge is -2.34. The van der Waals surface area contributed by atoms with Crippen molar-refractivity contribution in [3.8, 4) is 10.4 Å². The molecule has 0 aliphatic carbocycles. The van der Waals surface area contributed by atoms with Crippen LogP contribution in [0.1, 0.15) is 0 Å². The summed E-state index contributed by atoms with van der Waals surface area (Å²) in [5, 5.41) is 2.81. The first kappa shape index (κ1) is 18.7. The number of sulfonamides is 1. The van der Waals surface area contributed by atoms with E-state index >= 15 is 0 Å². The highest BCUT2D eigenvalue weighted by molar-refractivity contribution is 7.91. The molecule has 0 radical (unpaired) electrons. The molecule has 1 aliphatic heterocycles. The SMILES string of the molecule is O=S(=O)(c1cccs1)N1CCN(c2ncnc3sc(-c4ccccc4)cc23)CC1. The molecule has 1 aromatic carbocycles. The fourth-order valence-electron chi connectivity index (χ4n) is 3.52. The largest absolute Gasteiger partial charge is 0.353 e. The third kappa shape index (κ3) is 3.44. The molecule has 6 nitrogen and oxygen atoms in total. The summed E-state index contributed by atoms with van der Waals surface area (Å²) >= 11 is 2.91. The van der Waals surface area contributed by atoms with Crippen LogP contribution in [-0.2, 0) is 10.0 Å². The number of hydrogen-bond acceptors (Lipinski definition) is 7. The van der Waals surface area contributed by atoms with Crippen LogP contribution in [0.2, 0.25) is 0 Å². The highest BCUT2D eigenvalue weighted by atomic mass is 32.2. The Morgan fingerprint density at radius 1 is 0.931 bits per heavy atom. The molecular formula is C20H18N4O2S3. The first-order valence-electron chi connectivity index (χ1n) is 9.21. The molecule has 5 rings (SSSR count). The van der Waals surface area contributed by atoms with Crippen molar-refractivity contribution in [2.24, 2.45) is 0 Å². The fourth-order valence-corrected chi connectivity index (χ4v) is 7.08. The Hall–Kier alpha value is -2.33. The molecule has 1 saturated heterocycles. The van der Waals surface area contributed by atoms with Crippen LogP contribution >= 0.6 is 22.7 Å². The molecule has 1 fully saturated rings. The van der Waals surface area contributed by atoms with Gasteiger partial charge in [-0.2, -0.15) is 4.31 Å². The van der Waals surface area contributed by atoms with Gasteiger partial charge in [-0.3, -0.25) is 0 Å². The Labute approximate surface area is 177 Å². The van der Waals surface area contributed by atoms with Crippen molar-refractivity contribution in [2.75, 3.05) is 31.1 Å². The average molecular weight is 443 g/mol. The van der Waals surface area contributed by atoms with Crippen LogP contribution in [0.4, 0.5) is 5.82 Å². The molecule has 9 heteroatoms. The van der Waals surface area contributed by atoms with E-state index in [1.807, 2.05) is 18.2 Å². The molecule has 4 heterocycles. The maximum Gasteiger partial charge on any atom is 0.252 e. The molecule has 29 heavy (non-hydrogen) atoms. The normalized spacial score (nSPS) is 15.8. The van der Waals surface area contributed by atoms with Gasteiger partial charge in [0, 0.05) is 31.1 Å². The lowest BCUT2D eigenvalue weighted by molar-refractivity contribution is 0.385. The molecule has 1 aliphatic rings. The fraction of sp³-hybridized carbons (Fsp3) is 0.200. The van der Waals surface area contributed by atoms with Gasteiger partial charge in [0.05, 0.1) is 5.39 Å². The van der Waals surface area contributed by atoms with Crippen molar-refractivity contribution in [3.05, 3.63) is 60.2 Å². The lowest BCUT2D eigenvalue weighted by Crippen LogP contribution is -2.48. The van der Waals surface area contributed by atoms with Crippen molar-refractivity contribution in [2.45, 2.75) is 4.21 Å². The molecular weight excluding hydrogens is 424 g/mol. The van der Waals surface area contributed by atoms with Crippen LogP contribution in [0.3, 0.4) is 0 Å². The Morgan fingerprint density at radius 3 is 2.45 bits per heavy atom. The molecule has 0 bridgehead atoms. The average Bonchev–Trinajstić information content (AvgIpc) is 3.45. The zero-order chi connectivity index (χ0) is 19.8. The van der Waals surface area contributed by atoms with Gasteiger partial charge in [-0.25, -0.2) is 18.4 Å². The monoisotopic (exact) mass is 442 g/mol. The molecule has 148 valence electrons. The van der Waals surface area contributed by atoms with E-state index in [0.717, 1.165) is 26.5 Å². The Balaban J connectivity index is 1.40. The van der Waals surface area contributed by atoms with E-state index in [1.165, 1.54) is 11.3 Å². The summed E-state index contributed by atoms with van der Waals surface area (Å²) in [5.41, 5.74) is 1.16. The third-order valence-electron chi connectivity index (χ3n) is 4.99. The topological polar surface area (TPSA) is 66.4 Å². The predicted octanol–water partition coefficient (Wildman–Crippen LogP) is 3.93. The second-order valence-electron chi connectivity index (χ2n) is 6.72. The second kappa shape index (κ2) is 7.49. The summed E-state index contributed by atoms with van der Waals surface area (Å²) in [6.45, 7) is 2.10. The molecule has 3 aromatic heterocycles. The minimum atomic E-state index is -3.40. The van der Waals surface area contributed by atoms with Gasteiger partial charge in [-0.1, -0.05) is 36.4 Å². The van der Waals surface area contributed by atoms with Crippen molar-refractivity contribution >= 4 is 48.7 Å². The maximum absolute atomic E-state index is 12.8. The lowest BCUT2D eigenvalue weighted by atomic mass is 10.2. The van der Waals surface area contributed by atoms with E-state index in [2.05, 4.69) is 33.1 Å². The van der Waals surface area contributed by atoms with Crippen LogP contribution in [0.15, 0.2) is 64.4 Å². The summed E-state index contributed by atoms with van der Waals surface area (Å²) in [6, 6.07) is 15.8. The van der Waals surface area contributed by atoms with Gasteiger partial charge in [-0.05, 0) is 23.1 Å². The van der Waals surface area contributed by atoms with Crippen molar-refractivity contribution in [1.29, 1.82) is 0 Å². The van der Waals surface area contributed by atoms with Crippen LogP contribution in [0.5, 0.6) is 0 Å². The number of benzene rings is 1. The van der Waals surface area contributed by atoms with E-state index in [0.29, 0.717) is 30.4 Å². The second-order valence-corrected chi connectivity index (χ2v) is 10.9. The standard InChI is InChI=1S/C20H18N4O2S3/c25-29(26,18-7-4-12-27-18)24-10-8-23(9-11-24)19-16-13-17(15-5-2-1-3-6-15)28-20(16)22-14-21-19/h1-7,12-14H,8-11H2. The summed E-state index contributed by atoms with van der Waals surface area (Å²) in [5.74, 6) is 0.876. The van der Waals surface area contributed by atoms with Crippen LogP contribution < -0.4 is 4.90 Å². The number of hydrogen-bond donors (Lipinski definition) is 0. The van der Waals surface area contributed by atoms with Gasteiger partial charge in [-0.15, -0.1) is 22.7 Å². The number of nitrogens with zero attached hydrogens (tertiary/aromatic N) is 4. The quantitative estimate of drug-likeness (QED) is 0.479. The van der Waals surface area contributed by atoms with E-state index in [9.17, 15) is 8.42 Å². The number of anilines is 1. The van der Waals surface area contributed by atoms with Crippen LogP contribution in [0, 0.1) is 0 Å². The summed E-state index contributed by atoms with van der Waals surface area (Å²) < 4.78 is 27.5. The number of aromatic nitrogens is 2. The first-order chi connectivity index (χ1) is 14.1. The number of fused-ring (bicyclic) bond motifs is 1. The van der Waals surface area contributed by atoms with E-state index in [1.54, 1.807) is 39.5 Å². The van der Waals surface area contributed by atoms with Gasteiger partial charge in [0.1, 0.15) is 21.2 Å². The van der Waals surface area contributed by atoms with Gasteiger partial charge < -0.3 is 4.90 Å². The third-order valence-corrected chi connectivity index (χ3v) is 9.36. The summed E-state index contributed by atoms with van der Waals surface area (Å²) in [4.78, 5) is 13.2. The Morgan fingerprint density at radius 2 is 1.72 bits per heavy atom. The van der Waals surface area contributed by atoms with Gasteiger partial charge in [0.2, 0.25) is 0 Å². The molecule has 0 amide bonds. The van der Waals surface area contributed by atoms with E-state index in [4.69, 9.17) is 0 Å². The highest BCUT2D eigenvalue weighted by Gasteiger charge is 2.30. The van der Waals surface area contributed by atoms with E-state index < -0.39 is 10.0 Å². The molecule has 0 saturated carbocycles. The molecule has 4 aromatic rings. The number of thiophene rings is 2. The van der Waals surface area contributed by atoms with Gasteiger partial charge >= 0.3 is 0 Å². The number of piperazine rings is 1. The number of rotatable bonds is 4. The van der Waals surface area contributed by atoms with Crippen LogP contribution in [0.25, 0.3) is 20.7 Å². The zero-order valence-corrected chi connectivity index (χ0v) is 17.9. The minimum Gasteiger partial charge on any atom is -0.353 e. The Bertz CT molecular complexity index is 1230. The summed E-state index contributed by atoms with van der Waals surface area (Å²) in [6.07, 6.45) is 1.59. The molecule has 0 unspecified atom stereocenters. The Kier molecular flexibility index (Phi) is 4.83. The summed E-state index contributed by atoms with van der Waals surface area (Å²) in [7, 11) is -3.40.